The summed E-state index contributed by atoms with van der Waals surface area (Å²) in [5.74, 6) is -0.497. The Morgan fingerprint density at radius 2 is 0.944 bits per heavy atom. The van der Waals surface area contributed by atoms with Gasteiger partial charge in [-0.25, -0.2) is 0 Å². The van der Waals surface area contributed by atoms with Crippen LogP contribution in [0.2, 0.25) is 0 Å². The molecule has 2 aromatic rings. The maximum atomic E-state index is 13.1. The molecule has 0 aliphatic heterocycles. The monoisotopic (exact) mass is 492 g/mol. The molecular formula is C32H48N2O2. The van der Waals surface area contributed by atoms with Gasteiger partial charge in [-0.05, 0) is 42.8 Å². The Morgan fingerprint density at radius 1 is 0.556 bits per heavy atom. The second-order valence-electron chi connectivity index (χ2n) is 10.1. The van der Waals surface area contributed by atoms with E-state index in [1.807, 2.05) is 18.2 Å². The fourth-order valence-electron chi connectivity index (χ4n) is 4.63. The van der Waals surface area contributed by atoms with Crippen LogP contribution in [0.25, 0.3) is 0 Å². The molecule has 0 heterocycles. The van der Waals surface area contributed by atoms with E-state index in [0.717, 1.165) is 19.3 Å². The van der Waals surface area contributed by atoms with Crippen molar-refractivity contribution in [2.75, 3.05) is 12.3 Å². The first kappa shape index (κ1) is 29.6. The highest BCUT2D eigenvalue weighted by Crippen LogP contribution is 2.16. The number of amides is 2. The minimum Gasteiger partial charge on any atom is -0.399 e. The molecule has 2 amide bonds. The number of nitrogen functional groups attached to an aromatic ring is 1. The molecule has 4 heteroatoms. The van der Waals surface area contributed by atoms with Gasteiger partial charge in [-0.3, -0.25) is 14.5 Å². The molecule has 0 aliphatic rings. The van der Waals surface area contributed by atoms with Gasteiger partial charge in [-0.1, -0.05) is 121 Å². The third kappa shape index (κ3) is 11.9. The van der Waals surface area contributed by atoms with Crippen LogP contribution in [0.3, 0.4) is 0 Å². The molecule has 2 rings (SSSR count). The van der Waals surface area contributed by atoms with Gasteiger partial charge in [0.05, 0.1) is 0 Å². The number of hydrogen-bond acceptors (Lipinski definition) is 3. The van der Waals surface area contributed by atoms with Gasteiger partial charge in [0, 0.05) is 23.4 Å². The van der Waals surface area contributed by atoms with Crippen molar-refractivity contribution < 1.29 is 9.59 Å². The number of unbranched alkanes of at least 4 members (excludes halogenated alkanes) is 15. The number of hydrogen-bond donors (Lipinski definition) is 1. The lowest BCUT2D eigenvalue weighted by atomic mass is 10.0. The predicted octanol–water partition coefficient (Wildman–Crippen LogP) is 8.81. The standard InChI is InChI=1S/C32H48N2O2/c1-2-3-4-5-6-7-8-9-10-11-12-13-14-15-16-20-27-34(31(35)28-21-18-17-19-22-28)32(36)29-23-25-30(33)26-24-29/h17-19,21-26H,2-16,20,27,33H2,1H3. The molecule has 0 bridgehead atoms. The van der Waals surface area contributed by atoms with Gasteiger partial charge in [0.25, 0.3) is 11.8 Å². The van der Waals surface area contributed by atoms with Crippen molar-refractivity contribution in [3.63, 3.8) is 0 Å². The maximum Gasteiger partial charge on any atom is 0.260 e. The molecule has 2 aromatic carbocycles. The second kappa shape index (κ2) is 18.6. The van der Waals surface area contributed by atoms with Gasteiger partial charge >= 0.3 is 0 Å². The van der Waals surface area contributed by atoms with Crippen LogP contribution >= 0.6 is 0 Å². The molecule has 0 fully saturated rings. The van der Waals surface area contributed by atoms with Crippen molar-refractivity contribution in [3.8, 4) is 0 Å². The van der Waals surface area contributed by atoms with Gasteiger partial charge in [-0.2, -0.15) is 0 Å². The topological polar surface area (TPSA) is 63.4 Å². The molecule has 4 nitrogen and oxygen atoms in total. The summed E-state index contributed by atoms with van der Waals surface area (Å²) in [5, 5.41) is 0. The van der Waals surface area contributed by atoms with Crippen LogP contribution in [-0.2, 0) is 0 Å². The Kier molecular flexibility index (Phi) is 15.3. The van der Waals surface area contributed by atoms with Crippen molar-refractivity contribution in [2.45, 2.75) is 110 Å². The van der Waals surface area contributed by atoms with Crippen LogP contribution in [0.4, 0.5) is 5.69 Å². The summed E-state index contributed by atoms with van der Waals surface area (Å²) in [6.07, 6.45) is 20.8. The first-order valence-electron chi connectivity index (χ1n) is 14.4. The summed E-state index contributed by atoms with van der Waals surface area (Å²) >= 11 is 0. The quantitative estimate of drug-likeness (QED) is 0.121. The number of anilines is 1. The molecule has 0 saturated carbocycles. The Morgan fingerprint density at radius 3 is 1.39 bits per heavy atom. The lowest BCUT2D eigenvalue weighted by Crippen LogP contribution is -2.37. The van der Waals surface area contributed by atoms with Gasteiger partial charge < -0.3 is 5.73 Å². The average Bonchev–Trinajstić information content (AvgIpc) is 2.91. The maximum absolute atomic E-state index is 13.1. The first-order chi connectivity index (χ1) is 17.6. The van der Waals surface area contributed by atoms with Crippen molar-refractivity contribution in [3.05, 3.63) is 65.7 Å². The SMILES string of the molecule is CCCCCCCCCCCCCCCCCCN(C(=O)c1ccccc1)C(=O)c1ccc(N)cc1. The van der Waals surface area contributed by atoms with Crippen molar-refractivity contribution >= 4 is 17.5 Å². The van der Waals surface area contributed by atoms with E-state index in [0.29, 0.717) is 23.4 Å². The molecule has 2 N–H and O–H groups in total. The molecule has 0 saturated heterocycles. The molecule has 0 unspecified atom stereocenters. The normalized spacial score (nSPS) is 10.9. The van der Waals surface area contributed by atoms with Crippen molar-refractivity contribution in [2.24, 2.45) is 0 Å². The molecule has 0 atom stereocenters. The van der Waals surface area contributed by atoms with Crippen LogP contribution in [0.15, 0.2) is 54.6 Å². The number of carbonyl (C=O) groups excluding carboxylic acids is 2. The Balaban J connectivity index is 1.62. The molecule has 36 heavy (non-hydrogen) atoms. The lowest BCUT2D eigenvalue weighted by molar-refractivity contribution is 0.0613. The van der Waals surface area contributed by atoms with Crippen LogP contribution in [0, 0.1) is 0 Å². The highest BCUT2D eigenvalue weighted by atomic mass is 16.2. The van der Waals surface area contributed by atoms with E-state index in [1.165, 1.54) is 88.4 Å². The third-order valence-corrected chi connectivity index (χ3v) is 6.90. The predicted molar refractivity (Wildman–Crippen MR) is 152 cm³/mol. The average molecular weight is 493 g/mol. The number of benzene rings is 2. The Labute approximate surface area is 219 Å². The Hall–Kier alpha value is -2.62. The third-order valence-electron chi connectivity index (χ3n) is 6.90. The zero-order valence-electron chi connectivity index (χ0n) is 22.6. The molecule has 0 aliphatic carbocycles. The van der Waals surface area contributed by atoms with Gasteiger partial charge in [-0.15, -0.1) is 0 Å². The fraction of sp³-hybridized carbons (Fsp3) is 0.562. The number of nitrogens with two attached hydrogens (primary N) is 1. The van der Waals surface area contributed by atoms with E-state index in [9.17, 15) is 9.59 Å². The zero-order valence-corrected chi connectivity index (χ0v) is 22.6. The van der Waals surface area contributed by atoms with E-state index >= 15 is 0 Å². The number of rotatable bonds is 19. The summed E-state index contributed by atoms with van der Waals surface area (Å²) in [7, 11) is 0. The summed E-state index contributed by atoms with van der Waals surface area (Å²) in [4.78, 5) is 27.6. The first-order valence-corrected chi connectivity index (χ1v) is 14.4. The summed E-state index contributed by atoms with van der Waals surface area (Å²) in [6, 6.07) is 15.8. The van der Waals surface area contributed by atoms with E-state index in [2.05, 4.69) is 6.92 Å². The van der Waals surface area contributed by atoms with Crippen molar-refractivity contribution in [1.29, 1.82) is 0 Å². The van der Waals surface area contributed by atoms with E-state index < -0.39 is 0 Å². The Bertz CT molecular complexity index is 848. The summed E-state index contributed by atoms with van der Waals surface area (Å²) in [6.45, 7) is 2.71. The summed E-state index contributed by atoms with van der Waals surface area (Å²) < 4.78 is 0. The molecule has 0 spiro atoms. The lowest BCUT2D eigenvalue weighted by Gasteiger charge is -2.21. The number of imide groups is 1. The van der Waals surface area contributed by atoms with Crippen LogP contribution in [0.5, 0.6) is 0 Å². The van der Waals surface area contributed by atoms with Gasteiger partial charge in [0.1, 0.15) is 0 Å². The second-order valence-corrected chi connectivity index (χ2v) is 10.1. The molecular weight excluding hydrogens is 444 g/mol. The highest BCUT2D eigenvalue weighted by molar-refractivity contribution is 6.10. The van der Waals surface area contributed by atoms with Crippen LogP contribution in [0.1, 0.15) is 130 Å². The minimum atomic E-state index is -0.259. The van der Waals surface area contributed by atoms with E-state index in [4.69, 9.17) is 5.73 Å². The van der Waals surface area contributed by atoms with E-state index in [-0.39, 0.29) is 11.8 Å². The largest absolute Gasteiger partial charge is 0.399 e. The fourth-order valence-corrected chi connectivity index (χ4v) is 4.63. The molecule has 0 aromatic heterocycles. The molecule has 198 valence electrons. The number of nitrogens with zero attached hydrogens (tertiary/aromatic N) is 1. The van der Waals surface area contributed by atoms with E-state index in [1.54, 1.807) is 36.4 Å². The van der Waals surface area contributed by atoms with Gasteiger partial charge in [0.2, 0.25) is 0 Å². The zero-order chi connectivity index (χ0) is 25.8. The van der Waals surface area contributed by atoms with Crippen molar-refractivity contribution in [1.82, 2.24) is 4.90 Å². The van der Waals surface area contributed by atoms with Gasteiger partial charge in [0.15, 0.2) is 0 Å². The van der Waals surface area contributed by atoms with Crippen LogP contribution in [-0.4, -0.2) is 23.3 Å². The number of carbonyl (C=O) groups is 2. The smallest absolute Gasteiger partial charge is 0.260 e. The summed E-state index contributed by atoms with van der Waals surface area (Å²) in [5.41, 5.74) is 7.40. The highest BCUT2D eigenvalue weighted by Gasteiger charge is 2.23. The minimum absolute atomic E-state index is 0.238. The molecule has 0 radical (unpaired) electrons. The van der Waals surface area contributed by atoms with Crippen LogP contribution < -0.4 is 5.73 Å².